The van der Waals surface area contributed by atoms with Crippen molar-refractivity contribution in [2.75, 3.05) is 0 Å². The Bertz CT molecular complexity index is 1390. The quantitative estimate of drug-likeness (QED) is 0.295. The van der Waals surface area contributed by atoms with Crippen molar-refractivity contribution in [2.24, 2.45) is 0 Å². The highest BCUT2D eigenvalue weighted by atomic mass is 16.5. The van der Waals surface area contributed by atoms with Gasteiger partial charge < -0.3 is 34.7 Å². The number of aliphatic carboxylic acids is 1. The molecular formula is C23H16O9. The molecule has 0 aliphatic heterocycles. The van der Waals surface area contributed by atoms with Gasteiger partial charge in [-0.15, -0.1) is 0 Å². The van der Waals surface area contributed by atoms with Crippen molar-refractivity contribution in [2.45, 2.75) is 6.10 Å². The van der Waals surface area contributed by atoms with Gasteiger partial charge in [-0.2, -0.15) is 0 Å². The summed E-state index contributed by atoms with van der Waals surface area (Å²) in [5.74, 6) is -4.12. The second-order valence-corrected chi connectivity index (χ2v) is 6.88. The van der Waals surface area contributed by atoms with E-state index in [0.29, 0.717) is 0 Å². The molecule has 1 heterocycles. The molecule has 0 saturated carbocycles. The lowest BCUT2D eigenvalue weighted by Gasteiger charge is -2.18. The lowest BCUT2D eigenvalue weighted by Crippen LogP contribution is -2.22. The van der Waals surface area contributed by atoms with Crippen LogP contribution in [0.25, 0.3) is 22.3 Å². The van der Waals surface area contributed by atoms with Gasteiger partial charge in [-0.05, 0) is 18.2 Å². The van der Waals surface area contributed by atoms with Crippen LogP contribution in [-0.2, 0) is 4.79 Å². The molecule has 0 saturated heterocycles. The van der Waals surface area contributed by atoms with E-state index < -0.39 is 40.5 Å². The molecule has 1 aromatic heterocycles. The van der Waals surface area contributed by atoms with Crippen molar-refractivity contribution < 1.29 is 39.5 Å². The first-order valence-corrected chi connectivity index (χ1v) is 9.26. The number of phenolic OH excluding ortho intramolecular Hbond substituents is 4. The molecule has 4 rings (SSSR count). The second kappa shape index (κ2) is 7.88. The number of benzene rings is 3. The van der Waals surface area contributed by atoms with Gasteiger partial charge >= 0.3 is 5.97 Å². The molecule has 4 aromatic rings. The van der Waals surface area contributed by atoms with Crippen molar-refractivity contribution in [3.63, 3.8) is 0 Å². The summed E-state index contributed by atoms with van der Waals surface area (Å²) in [5, 5.41) is 48.8. The maximum Gasteiger partial charge on any atom is 0.349 e. The Morgan fingerprint density at radius 2 is 1.59 bits per heavy atom. The molecule has 0 aliphatic rings. The summed E-state index contributed by atoms with van der Waals surface area (Å²) in [7, 11) is 0. The molecule has 0 fully saturated rings. The Hall–Kier alpha value is -4.66. The van der Waals surface area contributed by atoms with Crippen LogP contribution in [0.1, 0.15) is 11.7 Å². The minimum absolute atomic E-state index is 0.0781. The topological polar surface area (TPSA) is 158 Å². The van der Waals surface area contributed by atoms with Crippen LogP contribution in [0.5, 0.6) is 28.7 Å². The Kier molecular flexibility index (Phi) is 5.07. The number of phenols is 4. The molecule has 32 heavy (non-hydrogen) atoms. The van der Waals surface area contributed by atoms with E-state index in [-0.39, 0.29) is 33.6 Å². The third-order valence-electron chi connectivity index (χ3n) is 4.72. The van der Waals surface area contributed by atoms with E-state index in [4.69, 9.17) is 9.15 Å². The van der Waals surface area contributed by atoms with Crippen LogP contribution >= 0.6 is 0 Å². The normalized spacial score (nSPS) is 11.9. The minimum atomic E-state index is -1.60. The van der Waals surface area contributed by atoms with Gasteiger partial charge in [0, 0.05) is 23.3 Å². The van der Waals surface area contributed by atoms with Gasteiger partial charge in [-0.3, -0.25) is 4.79 Å². The maximum absolute atomic E-state index is 13.3. The number of hydrogen-bond acceptors (Lipinski definition) is 8. The lowest BCUT2D eigenvalue weighted by atomic mass is 10.1. The van der Waals surface area contributed by atoms with Crippen LogP contribution in [0.3, 0.4) is 0 Å². The molecule has 1 atom stereocenters. The number of hydrogen-bond donors (Lipinski definition) is 5. The minimum Gasteiger partial charge on any atom is -0.508 e. The monoisotopic (exact) mass is 436 g/mol. The van der Waals surface area contributed by atoms with E-state index in [1.54, 1.807) is 18.2 Å². The Morgan fingerprint density at radius 1 is 0.875 bits per heavy atom. The molecular weight excluding hydrogens is 420 g/mol. The largest absolute Gasteiger partial charge is 0.508 e. The zero-order valence-corrected chi connectivity index (χ0v) is 16.2. The van der Waals surface area contributed by atoms with Crippen molar-refractivity contribution in [1.29, 1.82) is 0 Å². The predicted molar refractivity (Wildman–Crippen MR) is 112 cm³/mol. The summed E-state index contributed by atoms with van der Waals surface area (Å²) < 4.78 is 11.3. The summed E-state index contributed by atoms with van der Waals surface area (Å²) in [4.78, 5) is 25.2. The van der Waals surface area contributed by atoms with Crippen molar-refractivity contribution >= 4 is 16.9 Å². The van der Waals surface area contributed by atoms with Crippen LogP contribution in [0.4, 0.5) is 0 Å². The highest BCUT2D eigenvalue weighted by Gasteiger charge is 2.28. The molecule has 0 bridgehead atoms. The van der Waals surface area contributed by atoms with Crippen LogP contribution in [-0.4, -0.2) is 31.5 Å². The first-order valence-electron chi connectivity index (χ1n) is 9.26. The number of carbonyl (C=O) groups is 1. The van der Waals surface area contributed by atoms with Crippen molar-refractivity contribution in [3.05, 3.63) is 76.5 Å². The molecule has 0 radical (unpaired) electrons. The average Bonchev–Trinajstić information content (AvgIpc) is 2.74. The summed E-state index contributed by atoms with van der Waals surface area (Å²) in [6, 6.07) is 13.5. The van der Waals surface area contributed by atoms with E-state index in [1.807, 2.05) is 0 Å². The Labute approximate surface area is 179 Å². The molecule has 1 unspecified atom stereocenters. The van der Waals surface area contributed by atoms with Gasteiger partial charge in [-0.25, -0.2) is 4.79 Å². The van der Waals surface area contributed by atoms with E-state index in [0.717, 1.165) is 24.3 Å². The second-order valence-electron chi connectivity index (χ2n) is 6.88. The number of carboxylic acids is 1. The number of ether oxygens (including phenoxy) is 1. The highest BCUT2D eigenvalue weighted by molar-refractivity contribution is 5.88. The smallest absolute Gasteiger partial charge is 0.349 e. The number of carboxylic acid groups (broad SMARTS) is 1. The summed E-state index contributed by atoms with van der Waals surface area (Å²) in [6.45, 7) is 0. The summed E-state index contributed by atoms with van der Waals surface area (Å²) in [5.41, 5.74) is -0.772. The molecule has 162 valence electrons. The Morgan fingerprint density at radius 3 is 2.25 bits per heavy atom. The number of rotatable bonds is 5. The number of fused-ring (bicyclic) bond motifs is 1. The maximum atomic E-state index is 13.3. The van der Waals surface area contributed by atoms with E-state index in [2.05, 4.69) is 0 Å². The zero-order valence-electron chi connectivity index (χ0n) is 16.2. The van der Waals surface area contributed by atoms with Gasteiger partial charge in [-0.1, -0.05) is 30.3 Å². The van der Waals surface area contributed by atoms with Gasteiger partial charge in [0.1, 0.15) is 22.5 Å². The molecule has 9 heteroatoms. The van der Waals surface area contributed by atoms with Gasteiger partial charge in [0.15, 0.2) is 17.3 Å². The molecule has 9 nitrogen and oxygen atoms in total. The van der Waals surface area contributed by atoms with E-state index >= 15 is 0 Å². The Balaban J connectivity index is 2.00. The summed E-state index contributed by atoms with van der Waals surface area (Å²) >= 11 is 0. The van der Waals surface area contributed by atoms with Crippen molar-refractivity contribution in [3.8, 4) is 40.1 Å². The third-order valence-corrected chi connectivity index (χ3v) is 4.72. The standard InChI is InChI=1S/C23H16O9/c24-13-9-16(27)18-17(10-13)31-20(12-6-7-14(25)15(26)8-12)22(19(18)28)32-21(23(29)30)11-4-2-1-3-5-11/h1-10,21,24-27H,(H,29,30). The van der Waals surface area contributed by atoms with Crippen LogP contribution < -0.4 is 10.2 Å². The van der Waals surface area contributed by atoms with Crippen LogP contribution in [0.2, 0.25) is 0 Å². The summed E-state index contributed by atoms with van der Waals surface area (Å²) in [6.07, 6.45) is -1.60. The van der Waals surface area contributed by atoms with Gasteiger partial charge in [0.25, 0.3) is 0 Å². The van der Waals surface area contributed by atoms with Crippen LogP contribution in [0, 0.1) is 0 Å². The zero-order chi connectivity index (χ0) is 23.0. The first kappa shape index (κ1) is 20.6. The fraction of sp³-hybridized carbons (Fsp3) is 0.0435. The SMILES string of the molecule is O=C(O)C(Oc1c(-c2ccc(O)c(O)c2)oc2cc(O)cc(O)c2c1=O)c1ccccc1. The first-order chi connectivity index (χ1) is 15.3. The van der Waals surface area contributed by atoms with E-state index in [1.165, 1.54) is 18.2 Å². The molecule has 0 amide bonds. The molecule has 5 N–H and O–H groups in total. The third kappa shape index (κ3) is 3.63. The average molecular weight is 436 g/mol. The predicted octanol–water partition coefficient (Wildman–Crippen LogP) is 3.49. The van der Waals surface area contributed by atoms with Crippen LogP contribution in [0.15, 0.2) is 69.9 Å². The highest BCUT2D eigenvalue weighted by Crippen LogP contribution is 2.39. The van der Waals surface area contributed by atoms with Gasteiger partial charge in [0.05, 0.1) is 0 Å². The fourth-order valence-corrected chi connectivity index (χ4v) is 3.24. The number of aromatic hydroxyl groups is 4. The molecule has 3 aromatic carbocycles. The van der Waals surface area contributed by atoms with Crippen molar-refractivity contribution in [1.82, 2.24) is 0 Å². The van der Waals surface area contributed by atoms with Gasteiger partial charge in [0.2, 0.25) is 17.3 Å². The lowest BCUT2D eigenvalue weighted by molar-refractivity contribution is -0.145. The fourth-order valence-electron chi connectivity index (χ4n) is 3.24. The molecule has 0 spiro atoms. The molecule has 0 aliphatic carbocycles. The van der Waals surface area contributed by atoms with E-state index in [9.17, 15) is 35.1 Å².